The van der Waals surface area contributed by atoms with Gasteiger partial charge in [0.1, 0.15) is 5.54 Å². The first kappa shape index (κ1) is 31.8. The van der Waals surface area contributed by atoms with Gasteiger partial charge in [-0.2, -0.15) is 0 Å². The summed E-state index contributed by atoms with van der Waals surface area (Å²) in [6.45, 7) is 7.05. The molecule has 8 nitrogen and oxygen atoms in total. The third-order valence-corrected chi connectivity index (χ3v) is 9.54. The van der Waals surface area contributed by atoms with Crippen LogP contribution in [0.5, 0.6) is 0 Å². The van der Waals surface area contributed by atoms with Gasteiger partial charge in [-0.3, -0.25) is 20.0 Å². The van der Waals surface area contributed by atoms with Crippen LogP contribution in [0.15, 0.2) is 60.7 Å². The second-order valence-electron chi connectivity index (χ2n) is 12.8. The van der Waals surface area contributed by atoms with Crippen LogP contribution in [0, 0.1) is 11.3 Å². The number of carbonyl (C=O) groups excluding carboxylic acids is 2. The van der Waals surface area contributed by atoms with Gasteiger partial charge in [-0.15, -0.1) is 0 Å². The van der Waals surface area contributed by atoms with E-state index in [4.69, 9.17) is 5.41 Å². The summed E-state index contributed by atoms with van der Waals surface area (Å²) in [4.78, 5) is 32.5. The average molecular weight is 599 g/mol. The number of amides is 3. The highest BCUT2D eigenvalue weighted by Crippen LogP contribution is 2.36. The van der Waals surface area contributed by atoms with Crippen molar-refractivity contribution in [3.8, 4) is 0 Å². The Morgan fingerprint density at radius 3 is 2.41 bits per heavy atom. The summed E-state index contributed by atoms with van der Waals surface area (Å²) < 4.78 is 0. The molecular formula is C36H50N6O2. The number of nitrogens with zero attached hydrogens (tertiary/aromatic N) is 3. The second kappa shape index (κ2) is 15.4. The average Bonchev–Trinajstić information content (AvgIpc) is 3.28. The molecule has 1 aliphatic carbocycles. The quantitative estimate of drug-likeness (QED) is 0.280. The Labute approximate surface area is 263 Å². The van der Waals surface area contributed by atoms with Crippen LogP contribution in [0.1, 0.15) is 81.4 Å². The summed E-state index contributed by atoms with van der Waals surface area (Å²) in [6, 6.07) is 18.3. The molecule has 3 aliphatic rings. The highest BCUT2D eigenvalue weighted by Gasteiger charge is 2.49. The molecule has 0 spiro atoms. The van der Waals surface area contributed by atoms with Crippen molar-refractivity contribution in [2.24, 2.45) is 5.92 Å². The smallest absolute Gasteiger partial charge is 0.317 e. The number of urea groups is 1. The zero-order valence-electron chi connectivity index (χ0n) is 26.4. The van der Waals surface area contributed by atoms with Gasteiger partial charge < -0.3 is 15.5 Å². The normalized spacial score (nSPS) is 21.7. The summed E-state index contributed by atoms with van der Waals surface area (Å²) in [5.74, 6) is 0.848. The highest BCUT2D eigenvalue weighted by molar-refractivity contribution is 6.07. The maximum absolute atomic E-state index is 13.8. The summed E-state index contributed by atoms with van der Waals surface area (Å²) in [5, 5.41) is 15.1. The van der Waals surface area contributed by atoms with Crippen molar-refractivity contribution in [3.63, 3.8) is 0 Å². The molecule has 2 saturated heterocycles. The van der Waals surface area contributed by atoms with E-state index in [1.54, 1.807) is 4.90 Å². The first-order valence-electron chi connectivity index (χ1n) is 16.7. The van der Waals surface area contributed by atoms with E-state index in [0.29, 0.717) is 32.1 Å². The van der Waals surface area contributed by atoms with Crippen molar-refractivity contribution in [1.82, 2.24) is 25.3 Å². The van der Waals surface area contributed by atoms with E-state index in [9.17, 15) is 9.59 Å². The standard InChI is InChI=1S/C36H50N6O2/c1-2-3-20-36(26-30-13-8-5-9-14-30)33(43)42(34(37)39-36)28-32-18-16-31(17-19-32)27-38-35(44)41-24-22-40(23-25-41)21-10-15-29-11-6-4-7-12-29/h4,6-7,10-12,15-19,30H,2-3,5,8-9,13-14,20-28H2,1H3,(H2,37,39)(H,38,44)/b15-10+. The van der Waals surface area contributed by atoms with Crippen LogP contribution in [0.4, 0.5) is 4.79 Å². The van der Waals surface area contributed by atoms with E-state index in [0.717, 1.165) is 56.4 Å². The number of benzene rings is 2. The third-order valence-electron chi connectivity index (χ3n) is 9.54. The molecule has 5 rings (SSSR count). The Morgan fingerprint density at radius 2 is 1.70 bits per heavy atom. The predicted molar refractivity (Wildman–Crippen MR) is 177 cm³/mol. The number of carbonyl (C=O) groups is 2. The first-order valence-corrected chi connectivity index (χ1v) is 16.7. The molecule has 1 unspecified atom stereocenters. The van der Waals surface area contributed by atoms with Crippen molar-refractivity contribution in [2.45, 2.75) is 83.3 Å². The van der Waals surface area contributed by atoms with Crippen LogP contribution < -0.4 is 10.6 Å². The van der Waals surface area contributed by atoms with Gasteiger partial charge >= 0.3 is 6.03 Å². The molecular weight excluding hydrogens is 548 g/mol. The lowest BCUT2D eigenvalue weighted by Gasteiger charge is -2.34. The minimum Gasteiger partial charge on any atom is -0.342 e. The topological polar surface area (TPSA) is 91.8 Å². The maximum atomic E-state index is 13.8. The summed E-state index contributed by atoms with van der Waals surface area (Å²) in [5.41, 5.74) is 2.57. The fourth-order valence-corrected chi connectivity index (χ4v) is 6.90. The molecule has 0 aromatic heterocycles. The molecule has 3 fully saturated rings. The lowest BCUT2D eigenvalue weighted by atomic mass is 9.77. The molecule has 2 heterocycles. The fourth-order valence-electron chi connectivity index (χ4n) is 6.90. The molecule has 2 aromatic carbocycles. The molecule has 44 heavy (non-hydrogen) atoms. The SMILES string of the molecule is CCCCC1(CC2CCCCC2)NC(=N)N(Cc2ccc(CNC(=O)N3CCN(C/C=C/c4ccccc4)CC3)cc2)C1=O. The van der Waals surface area contributed by atoms with E-state index < -0.39 is 5.54 Å². The first-order chi connectivity index (χ1) is 21.5. The largest absolute Gasteiger partial charge is 0.342 e. The number of hydrogen-bond donors (Lipinski definition) is 3. The molecule has 2 aromatic rings. The number of nitrogens with one attached hydrogen (secondary N) is 3. The van der Waals surface area contributed by atoms with Gasteiger partial charge in [0, 0.05) is 39.3 Å². The van der Waals surface area contributed by atoms with E-state index in [-0.39, 0.29) is 17.9 Å². The van der Waals surface area contributed by atoms with Crippen molar-refractivity contribution < 1.29 is 9.59 Å². The van der Waals surface area contributed by atoms with Crippen LogP contribution in [0.3, 0.4) is 0 Å². The van der Waals surface area contributed by atoms with Crippen molar-refractivity contribution in [2.75, 3.05) is 32.7 Å². The van der Waals surface area contributed by atoms with Crippen molar-refractivity contribution >= 4 is 24.0 Å². The molecule has 8 heteroatoms. The molecule has 3 N–H and O–H groups in total. The maximum Gasteiger partial charge on any atom is 0.317 e. The molecule has 1 atom stereocenters. The molecule has 1 saturated carbocycles. The minimum absolute atomic E-state index is 0.0304. The van der Waals surface area contributed by atoms with Gasteiger partial charge in [-0.1, -0.05) is 119 Å². The number of guanidine groups is 1. The van der Waals surface area contributed by atoms with Crippen LogP contribution in [-0.4, -0.2) is 70.9 Å². The molecule has 0 radical (unpaired) electrons. The highest BCUT2D eigenvalue weighted by atomic mass is 16.2. The summed E-state index contributed by atoms with van der Waals surface area (Å²) >= 11 is 0. The monoisotopic (exact) mass is 598 g/mol. The molecule has 2 aliphatic heterocycles. The molecule has 3 amide bonds. The van der Waals surface area contributed by atoms with Crippen LogP contribution >= 0.6 is 0 Å². The number of unbranched alkanes of at least 4 members (excludes halogenated alkanes) is 1. The van der Waals surface area contributed by atoms with Crippen LogP contribution in [0.2, 0.25) is 0 Å². The van der Waals surface area contributed by atoms with Crippen molar-refractivity contribution in [1.29, 1.82) is 5.41 Å². The van der Waals surface area contributed by atoms with E-state index in [1.807, 2.05) is 47.4 Å². The van der Waals surface area contributed by atoms with Gasteiger partial charge in [-0.25, -0.2) is 4.79 Å². The second-order valence-corrected chi connectivity index (χ2v) is 12.8. The predicted octanol–water partition coefficient (Wildman–Crippen LogP) is 5.99. The minimum atomic E-state index is -0.635. The third kappa shape index (κ3) is 8.29. The Balaban J connectivity index is 1.07. The van der Waals surface area contributed by atoms with Gasteiger partial charge in [0.2, 0.25) is 0 Å². The van der Waals surface area contributed by atoms with Gasteiger partial charge in [0.15, 0.2) is 5.96 Å². The number of hydrogen-bond acceptors (Lipinski definition) is 4. The zero-order chi connectivity index (χ0) is 30.8. The summed E-state index contributed by atoms with van der Waals surface area (Å²) in [6.07, 6.45) is 14.2. The van der Waals surface area contributed by atoms with Crippen molar-refractivity contribution in [3.05, 3.63) is 77.4 Å². The zero-order valence-corrected chi connectivity index (χ0v) is 26.4. The molecule has 0 bridgehead atoms. The lowest BCUT2D eigenvalue weighted by Crippen LogP contribution is -2.51. The fraction of sp³-hybridized carbons (Fsp3) is 0.528. The van der Waals surface area contributed by atoms with Gasteiger partial charge in [0.05, 0.1) is 6.54 Å². The van der Waals surface area contributed by atoms with E-state index in [1.165, 1.54) is 37.7 Å². The Kier molecular flexibility index (Phi) is 11.1. The Hall–Kier alpha value is -3.65. The van der Waals surface area contributed by atoms with Gasteiger partial charge in [0.25, 0.3) is 5.91 Å². The number of rotatable bonds is 12. The lowest BCUT2D eigenvalue weighted by molar-refractivity contribution is -0.132. The van der Waals surface area contributed by atoms with E-state index in [2.05, 4.69) is 46.7 Å². The van der Waals surface area contributed by atoms with E-state index >= 15 is 0 Å². The Bertz CT molecular complexity index is 1270. The molecule has 236 valence electrons. The van der Waals surface area contributed by atoms with Crippen LogP contribution in [0.25, 0.3) is 6.08 Å². The van der Waals surface area contributed by atoms with Gasteiger partial charge in [-0.05, 0) is 35.4 Å². The Morgan fingerprint density at radius 1 is 1.00 bits per heavy atom. The number of piperazine rings is 1. The van der Waals surface area contributed by atoms with Crippen LogP contribution in [-0.2, 0) is 17.9 Å². The summed E-state index contributed by atoms with van der Waals surface area (Å²) in [7, 11) is 0.